The van der Waals surface area contributed by atoms with Crippen molar-refractivity contribution in [2.45, 2.75) is 58.0 Å². The van der Waals surface area contributed by atoms with Crippen molar-refractivity contribution in [2.75, 3.05) is 32.1 Å². The van der Waals surface area contributed by atoms with Crippen LogP contribution in [0.25, 0.3) is 0 Å². The molecular formula is C33H41ClN2O3. The summed E-state index contributed by atoms with van der Waals surface area (Å²) in [5.41, 5.74) is 3.38. The zero-order valence-corrected chi connectivity index (χ0v) is 24.1. The fourth-order valence-corrected chi connectivity index (χ4v) is 5.23. The lowest BCUT2D eigenvalue weighted by Crippen LogP contribution is -2.33. The number of likely N-dealkylation sites (tertiary alicyclic amines) is 1. The van der Waals surface area contributed by atoms with E-state index in [0.29, 0.717) is 5.92 Å². The third-order valence-corrected chi connectivity index (χ3v) is 7.76. The average molecular weight is 549 g/mol. The Labute approximate surface area is 238 Å². The summed E-state index contributed by atoms with van der Waals surface area (Å²) in [6.45, 7) is 7.15. The molecule has 1 heterocycles. The Balaban J connectivity index is 1.25. The SMILES string of the molecule is COc1ccc(OC(CCCCN2CCC(c3cccc(NC(=O)C(C)C)c3)CC2)c2ccc(Cl)cc2)cc1. The summed E-state index contributed by atoms with van der Waals surface area (Å²) in [5.74, 6) is 2.25. The highest BCUT2D eigenvalue weighted by Gasteiger charge is 2.21. The molecule has 0 spiro atoms. The number of halogens is 1. The van der Waals surface area contributed by atoms with Gasteiger partial charge in [-0.05, 0) is 117 Å². The molecule has 1 atom stereocenters. The van der Waals surface area contributed by atoms with Gasteiger partial charge in [-0.25, -0.2) is 0 Å². The Morgan fingerprint density at radius 2 is 1.67 bits per heavy atom. The molecule has 1 aliphatic heterocycles. The van der Waals surface area contributed by atoms with Gasteiger partial charge in [-0.2, -0.15) is 0 Å². The monoisotopic (exact) mass is 548 g/mol. The third-order valence-electron chi connectivity index (χ3n) is 7.51. The number of rotatable bonds is 12. The van der Waals surface area contributed by atoms with Gasteiger partial charge in [0.1, 0.15) is 17.6 Å². The second-order valence-electron chi connectivity index (χ2n) is 10.7. The quantitative estimate of drug-likeness (QED) is 0.232. The number of amides is 1. The summed E-state index contributed by atoms with van der Waals surface area (Å²) >= 11 is 6.13. The van der Waals surface area contributed by atoms with E-state index in [1.807, 2.05) is 56.3 Å². The molecule has 0 saturated carbocycles. The number of nitrogens with one attached hydrogen (secondary N) is 1. The molecule has 1 fully saturated rings. The highest BCUT2D eigenvalue weighted by atomic mass is 35.5. The Hall–Kier alpha value is -3.02. The molecule has 0 bridgehead atoms. The minimum atomic E-state index is -0.0233. The first-order chi connectivity index (χ1) is 18.9. The normalized spacial score (nSPS) is 15.2. The lowest BCUT2D eigenvalue weighted by molar-refractivity contribution is -0.118. The second kappa shape index (κ2) is 14.4. The van der Waals surface area contributed by atoms with E-state index in [1.165, 1.54) is 5.56 Å². The van der Waals surface area contributed by atoms with Crippen molar-refractivity contribution in [1.82, 2.24) is 4.90 Å². The number of piperidine rings is 1. The molecule has 3 aromatic carbocycles. The Morgan fingerprint density at radius 1 is 0.974 bits per heavy atom. The van der Waals surface area contributed by atoms with E-state index in [1.54, 1.807) is 7.11 Å². The van der Waals surface area contributed by atoms with Gasteiger partial charge in [0.15, 0.2) is 0 Å². The summed E-state index contributed by atoms with van der Waals surface area (Å²) < 4.78 is 11.7. The van der Waals surface area contributed by atoms with Crippen molar-refractivity contribution in [3.05, 3.63) is 88.9 Å². The van der Waals surface area contributed by atoms with Crippen LogP contribution in [0.3, 0.4) is 0 Å². The van der Waals surface area contributed by atoms with E-state index in [0.717, 1.165) is 79.5 Å². The van der Waals surface area contributed by atoms with Crippen LogP contribution >= 0.6 is 11.6 Å². The number of nitrogens with zero attached hydrogens (tertiary/aromatic N) is 1. The topological polar surface area (TPSA) is 50.8 Å². The number of methoxy groups -OCH3 is 1. The van der Waals surface area contributed by atoms with E-state index in [9.17, 15) is 4.79 Å². The van der Waals surface area contributed by atoms with Crippen LogP contribution in [0.4, 0.5) is 5.69 Å². The molecule has 3 aromatic rings. The molecule has 1 aliphatic rings. The van der Waals surface area contributed by atoms with Crippen LogP contribution in [-0.2, 0) is 4.79 Å². The first kappa shape index (κ1) is 29.0. The molecule has 0 radical (unpaired) electrons. The minimum absolute atomic E-state index is 0.0210. The van der Waals surface area contributed by atoms with Crippen molar-refractivity contribution >= 4 is 23.2 Å². The largest absolute Gasteiger partial charge is 0.497 e. The van der Waals surface area contributed by atoms with Gasteiger partial charge in [-0.3, -0.25) is 4.79 Å². The van der Waals surface area contributed by atoms with Crippen molar-refractivity contribution in [1.29, 1.82) is 0 Å². The zero-order valence-electron chi connectivity index (χ0n) is 23.4. The third kappa shape index (κ3) is 8.74. The number of unbranched alkanes of at least 4 members (excludes halogenated alkanes) is 1. The van der Waals surface area contributed by atoms with Gasteiger partial charge in [0, 0.05) is 16.6 Å². The predicted molar refractivity (Wildman–Crippen MR) is 160 cm³/mol. The lowest BCUT2D eigenvalue weighted by atomic mass is 9.89. The molecular weight excluding hydrogens is 508 g/mol. The molecule has 1 amide bonds. The maximum absolute atomic E-state index is 12.1. The summed E-state index contributed by atoms with van der Waals surface area (Å²) in [7, 11) is 1.67. The highest BCUT2D eigenvalue weighted by Crippen LogP contribution is 2.31. The van der Waals surface area contributed by atoms with Crippen LogP contribution in [0, 0.1) is 5.92 Å². The average Bonchev–Trinajstić information content (AvgIpc) is 2.96. The van der Waals surface area contributed by atoms with E-state index < -0.39 is 0 Å². The molecule has 39 heavy (non-hydrogen) atoms. The van der Waals surface area contributed by atoms with Crippen LogP contribution in [0.15, 0.2) is 72.8 Å². The van der Waals surface area contributed by atoms with Crippen LogP contribution in [0.2, 0.25) is 5.02 Å². The Bertz CT molecular complexity index is 1170. The first-order valence-corrected chi connectivity index (χ1v) is 14.5. The fraction of sp³-hybridized carbons (Fsp3) is 0.424. The smallest absolute Gasteiger partial charge is 0.226 e. The molecule has 0 aromatic heterocycles. The predicted octanol–water partition coefficient (Wildman–Crippen LogP) is 8.11. The Morgan fingerprint density at radius 3 is 2.33 bits per heavy atom. The van der Waals surface area contributed by atoms with Crippen LogP contribution in [0.5, 0.6) is 11.5 Å². The molecule has 4 rings (SSSR count). The summed E-state index contributed by atoms with van der Waals surface area (Å²) in [4.78, 5) is 14.7. The van der Waals surface area contributed by atoms with Crippen molar-refractivity contribution in [2.24, 2.45) is 5.92 Å². The van der Waals surface area contributed by atoms with Crippen LogP contribution in [0.1, 0.15) is 69.1 Å². The van der Waals surface area contributed by atoms with E-state index in [2.05, 4.69) is 40.5 Å². The molecule has 1 N–H and O–H groups in total. The summed E-state index contributed by atoms with van der Waals surface area (Å²) in [6, 6.07) is 24.1. The van der Waals surface area contributed by atoms with E-state index in [-0.39, 0.29) is 17.9 Å². The first-order valence-electron chi connectivity index (χ1n) is 14.1. The van der Waals surface area contributed by atoms with Crippen LogP contribution in [-0.4, -0.2) is 37.6 Å². The standard InChI is InChI=1S/C33H41ClN2O3/c1-24(2)33(37)35-29-8-6-7-27(23-29)25-18-21-36(22-19-25)20-5-4-9-32(26-10-12-28(34)13-11-26)39-31-16-14-30(38-3)15-17-31/h6-8,10-17,23-25,32H,4-5,9,18-22H2,1-3H3,(H,35,37). The van der Waals surface area contributed by atoms with E-state index in [4.69, 9.17) is 21.1 Å². The van der Waals surface area contributed by atoms with Gasteiger partial charge < -0.3 is 19.7 Å². The number of carbonyl (C=O) groups excluding carboxylic acids is 1. The number of carbonyl (C=O) groups is 1. The summed E-state index contributed by atoms with van der Waals surface area (Å²) in [5, 5.41) is 3.77. The molecule has 5 nitrogen and oxygen atoms in total. The number of benzene rings is 3. The molecule has 1 saturated heterocycles. The van der Waals surface area contributed by atoms with Gasteiger partial charge in [-0.1, -0.05) is 49.7 Å². The Kier molecular flexibility index (Phi) is 10.7. The maximum atomic E-state index is 12.1. The van der Waals surface area contributed by atoms with Gasteiger partial charge >= 0.3 is 0 Å². The maximum Gasteiger partial charge on any atom is 0.226 e. The fourth-order valence-electron chi connectivity index (χ4n) is 5.10. The number of ether oxygens (including phenoxy) is 2. The number of anilines is 1. The van der Waals surface area contributed by atoms with Gasteiger partial charge in [-0.15, -0.1) is 0 Å². The minimum Gasteiger partial charge on any atom is -0.497 e. The molecule has 1 unspecified atom stereocenters. The molecule has 208 valence electrons. The summed E-state index contributed by atoms with van der Waals surface area (Å²) in [6.07, 6.45) is 5.44. The van der Waals surface area contributed by atoms with Crippen molar-refractivity contribution < 1.29 is 14.3 Å². The molecule has 0 aliphatic carbocycles. The lowest BCUT2D eigenvalue weighted by Gasteiger charge is -2.32. The number of hydrogen-bond donors (Lipinski definition) is 1. The molecule has 6 heteroatoms. The van der Waals surface area contributed by atoms with Crippen molar-refractivity contribution in [3.63, 3.8) is 0 Å². The van der Waals surface area contributed by atoms with E-state index >= 15 is 0 Å². The second-order valence-corrected chi connectivity index (χ2v) is 11.2. The van der Waals surface area contributed by atoms with Crippen molar-refractivity contribution in [3.8, 4) is 11.5 Å². The highest BCUT2D eigenvalue weighted by molar-refractivity contribution is 6.30. The number of hydrogen-bond acceptors (Lipinski definition) is 4. The zero-order chi connectivity index (χ0) is 27.6. The van der Waals surface area contributed by atoms with Crippen LogP contribution < -0.4 is 14.8 Å². The van der Waals surface area contributed by atoms with Gasteiger partial charge in [0.05, 0.1) is 7.11 Å². The van der Waals surface area contributed by atoms with Gasteiger partial charge in [0.25, 0.3) is 0 Å². The van der Waals surface area contributed by atoms with Gasteiger partial charge in [0.2, 0.25) is 5.91 Å².